The first kappa shape index (κ1) is 37.4. The van der Waals surface area contributed by atoms with E-state index in [0.717, 1.165) is 41.7 Å². The fourth-order valence-corrected chi connectivity index (χ4v) is 7.09. The lowest BCUT2D eigenvalue weighted by molar-refractivity contribution is -0.137. The number of carbonyl (C=O) groups is 4. The Morgan fingerprint density at radius 2 is 1.77 bits per heavy atom. The number of aryl methyl sites for hydroxylation is 3. The Hall–Kier alpha value is -5.33. The van der Waals surface area contributed by atoms with E-state index in [2.05, 4.69) is 16.0 Å². The summed E-state index contributed by atoms with van der Waals surface area (Å²) in [4.78, 5) is 57.2. The highest BCUT2D eigenvalue weighted by molar-refractivity contribution is 6.02. The maximum Gasteiger partial charge on any atom is 0.416 e. The first-order valence-electron chi connectivity index (χ1n) is 18.0. The molecule has 0 aliphatic carbocycles. The number of alkyl halides is 3. The number of amides is 4. The minimum absolute atomic E-state index is 0.00744. The highest BCUT2D eigenvalue weighted by atomic mass is 19.4. The van der Waals surface area contributed by atoms with Crippen LogP contribution >= 0.6 is 0 Å². The van der Waals surface area contributed by atoms with E-state index in [-0.39, 0.29) is 42.3 Å². The lowest BCUT2D eigenvalue weighted by Gasteiger charge is -2.34. The predicted molar refractivity (Wildman–Crippen MR) is 193 cm³/mol. The molecule has 0 radical (unpaired) electrons. The van der Waals surface area contributed by atoms with Gasteiger partial charge >= 0.3 is 6.18 Å². The molecule has 4 bridgehead atoms. The van der Waals surface area contributed by atoms with E-state index < -0.39 is 41.5 Å². The molecular weight excluding hydrogens is 687 g/mol. The summed E-state index contributed by atoms with van der Waals surface area (Å²) >= 11 is 0. The summed E-state index contributed by atoms with van der Waals surface area (Å²) in [5, 5.41) is 8.64. The first-order valence-corrected chi connectivity index (χ1v) is 18.0. The molecular formula is C40H44F3N5O5. The van der Waals surface area contributed by atoms with Gasteiger partial charge in [-0.25, -0.2) is 0 Å². The number of piperidine rings is 1. The standard InChI is InChI=1S/C40H44F3N5O5/c1-25-10-13-31-20-29(25)23-44-37(50)32(14-11-26-7-4-3-5-8-26)45-38(51)33(22-36(49)48-17-6-9-27(24-48)16-18-53-31)46-39(52)35-21-28-19-30(40(41,42)43)12-15-34(28)47(35)2/h3-5,7-8,10,12-13,15,19-21,27,32-33H,6,9,11,14,16-18,22-24H2,1-2H3,(H,44,50)(H,45,51)(H,46,52)/t27?,32-,33-/m0/s1. The minimum Gasteiger partial charge on any atom is -0.494 e. The average molecular weight is 732 g/mol. The van der Waals surface area contributed by atoms with E-state index in [1.165, 1.54) is 16.7 Å². The number of ether oxygens (including phenoxy) is 1. The minimum atomic E-state index is -4.57. The fraction of sp³-hybridized carbons (Fsp3) is 0.400. The maximum absolute atomic E-state index is 14.1. The molecule has 3 aromatic carbocycles. The molecule has 1 fully saturated rings. The third-order valence-corrected chi connectivity index (χ3v) is 10.2. The summed E-state index contributed by atoms with van der Waals surface area (Å²) < 4.78 is 47.9. The van der Waals surface area contributed by atoms with E-state index in [9.17, 15) is 32.3 Å². The van der Waals surface area contributed by atoms with Crippen LogP contribution in [0.2, 0.25) is 0 Å². The van der Waals surface area contributed by atoms with Crippen molar-refractivity contribution in [1.29, 1.82) is 0 Å². The number of fused-ring (bicyclic) bond motifs is 5. The van der Waals surface area contributed by atoms with Crippen LogP contribution in [-0.2, 0) is 40.6 Å². The molecule has 0 saturated carbocycles. The number of benzene rings is 3. The lowest BCUT2D eigenvalue weighted by atomic mass is 9.94. The number of nitrogens with zero attached hydrogens (tertiary/aromatic N) is 2. The molecule has 10 nitrogen and oxygen atoms in total. The van der Waals surface area contributed by atoms with Gasteiger partial charge in [-0.3, -0.25) is 19.2 Å². The van der Waals surface area contributed by atoms with E-state index in [1.807, 2.05) is 55.5 Å². The van der Waals surface area contributed by atoms with E-state index in [0.29, 0.717) is 43.8 Å². The maximum atomic E-state index is 14.1. The van der Waals surface area contributed by atoms with Crippen LogP contribution in [0.4, 0.5) is 13.2 Å². The van der Waals surface area contributed by atoms with Gasteiger partial charge in [-0.15, -0.1) is 0 Å². The van der Waals surface area contributed by atoms with Gasteiger partial charge in [0.25, 0.3) is 5.91 Å². The predicted octanol–water partition coefficient (Wildman–Crippen LogP) is 5.45. The first-order chi connectivity index (χ1) is 25.4. The Morgan fingerprint density at radius 1 is 0.981 bits per heavy atom. The van der Waals surface area contributed by atoms with Gasteiger partial charge in [0.2, 0.25) is 17.7 Å². The third kappa shape index (κ3) is 9.19. The molecule has 13 heteroatoms. The summed E-state index contributed by atoms with van der Waals surface area (Å²) in [6.07, 6.45) is -1.85. The van der Waals surface area contributed by atoms with Gasteiger partial charge in [-0.1, -0.05) is 36.4 Å². The topological polar surface area (TPSA) is 122 Å². The van der Waals surface area contributed by atoms with Crippen molar-refractivity contribution < 1.29 is 37.1 Å². The largest absolute Gasteiger partial charge is 0.494 e. The molecule has 1 unspecified atom stereocenters. The second-order valence-electron chi connectivity index (χ2n) is 14.0. The van der Waals surface area contributed by atoms with Crippen molar-refractivity contribution in [2.24, 2.45) is 13.0 Å². The van der Waals surface area contributed by atoms with E-state index in [1.54, 1.807) is 11.9 Å². The van der Waals surface area contributed by atoms with Crippen molar-refractivity contribution >= 4 is 34.5 Å². The van der Waals surface area contributed by atoms with Crippen LogP contribution in [0.1, 0.15) is 64.8 Å². The SMILES string of the molecule is Cc1ccc2cc1CNC(=O)[C@H](CCc1ccccc1)NC(=O)[C@@H](NC(=O)c1cc3cc(C(F)(F)F)ccc3n1C)CC(=O)N1CCCC(CCO2)C1. The monoisotopic (exact) mass is 731 g/mol. The van der Waals surface area contributed by atoms with Crippen LogP contribution in [0.3, 0.4) is 0 Å². The molecule has 2 aliphatic heterocycles. The number of carbonyl (C=O) groups excluding carboxylic acids is 4. The number of halogens is 3. The Morgan fingerprint density at radius 3 is 2.55 bits per heavy atom. The quantitative estimate of drug-likeness (QED) is 0.252. The fourth-order valence-electron chi connectivity index (χ4n) is 7.09. The molecule has 3 heterocycles. The molecule has 4 amide bonds. The Bertz CT molecular complexity index is 1980. The van der Waals surface area contributed by atoms with Gasteiger partial charge in [-0.2, -0.15) is 13.2 Å². The zero-order valence-electron chi connectivity index (χ0n) is 29.8. The highest BCUT2D eigenvalue weighted by Gasteiger charge is 2.34. The summed E-state index contributed by atoms with van der Waals surface area (Å²) in [7, 11) is 1.54. The molecule has 2 aliphatic rings. The van der Waals surface area contributed by atoms with Crippen molar-refractivity contribution in [3.8, 4) is 5.75 Å². The van der Waals surface area contributed by atoms with Crippen molar-refractivity contribution in [2.45, 2.75) is 70.3 Å². The zero-order chi connectivity index (χ0) is 37.7. The van der Waals surface area contributed by atoms with Crippen molar-refractivity contribution in [1.82, 2.24) is 25.4 Å². The van der Waals surface area contributed by atoms with E-state index in [4.69, 9.17) is 4.74 Å². The molecule has 1 aromatic heterocycles. The molecule has 53 heavy (non-hydrogen) atoms. The molecule has 3 N–H and O–H groups in total. The summed E-state index contributed by atoms with van der Waals surface area (Å²) in [6.45, 7) is 3.54. The number of nitrogens with one attached hydrogen (secondary N) is 3. The number of aromatic nitrogens is 1. The van der Waals surface area contributed by atoms with Crippen molar-refractivity contribution in [3.05, 3.63) is 101 Å². The van der Waals surface area contributed by atoms with Gasteiger partial charge in [0.1, 0.15) is 23.5 Å². The molecule has 3 atom stereocenters. The third-order valence-electron chi connectivity index (χ3n) is 10.2. The van der Waals surface area contributed by atoms with Gasteiger partial charge in [0, 0.05) is 37.6 Å². The molecule has 6 rings (SSSR count). The number of rotatable bonds is 5. The Kier molecular flexibility index (Phi) is 11.4. The van der Waals surface area contributed by atoms with Gasteiger partial charge in [0.05, 0.1) is 18.6 Å². The summed E-state index contributed by atoms with van der Waals surface area (Å²) in [5.41, 5.74) is 2.32. The Balaban J connectivity index is 1.30. The number of hydrogen-bond acceptors (Lipinski definition) is 5. The molecule has 4 aromatic rings. The zero-order valence-corrected chi connectivity index (χ0v) is 29.8. The molecule has 280 valence electrons. The average Bonchev–Trinajstić information content (AvgIpc) is 3.48. The van der Waals surface area contributed by atoms with Gasteiger partial charge in [-0.05, 0) is 98.0 Å². The van der Waals surface area contributed by atoms with Crippen LogP contribution in [0.25, 0.3) is 10.9 Å². The number of hydrogen-bond donors (Lipinski definition) is 3. The second kappa shape index (κ2) is 16.1. The van der Waals surface area contributed by atoms with Crippen LogP contribution in [0, 0.1) is 12.8 Å². The van der Waals surface area contributed by atoms with E-state index >= 15 is 0 Å². The van der Waals surface area contributed by atoms with Gasteiger partial charge < -0.3 is 30.2 Å². The highest BCUT2D eigenvalue weighted by Crippen LogP contribution is 2.32. The van der Waals surface area contributed by atoms with Crippen LogP contribution in [0.15, 0.2) is 72.8 Å². The van der Waals surface area contributed by atoms with Gasteiger partial charge in [0.15, 0.2) is 0 Å². The normalized spacial score (nSPS) is 20.5. The van der Waals surface area contributed by atoms with Crippen molar-refractivity contribution in [3.63, 3.8) is 0 Å². The smallest absolute Gasteiger partial charge is 0.416 e. The Labute approximate surface area is 306 Å². The van der Waals surface area contributed by atoms with Crippen LogP contribution in [0.5, 0.6) is 5.75 Å². The van der Waals surface area contributed by atoms with Crippen LogP contribution in [-0.4, -0.2) is 64.9 Å². The molecule has 0 spiro atoms. The summed E-state index contributed by atoms with van der Waals surface area (Å²) in [5.74, 6) is -1.38. The summed E-state index contributed by atoms with van der Waals surface area (Å²) in [6, 6.07) is 17.3. The lowest BCUT2D eigenvalue weighted by Crippen LogP contribution is -2.55. The van der Waals surface area contributed by atoms with Crippen LogP contribution < -0.4 is 20.7 Å². The molecule has 1 saturated heterocycles. The second-order valence-corrected chi connectivity index (χ2v) is 14.0. The van der Waals surface area contributed by atoms with Crippen molar-refractivity contribution in [2.75, 3.05) is 19.7 Å².